The second-order valence-electron chi connectivity index (χ2n) is 4.56. The molecule has 1 aliphatic rings. The monoisotopic (exact) mass is 240 g/mol. The SMILES string of the molecule is CC(N)C1CCCCN1Cc1cnc(N)s1. The fourth-order valence-electron chi connectivity index (χ4n) is 2.40. The summed E-state index contributed by atoms with van der Waals surface area (Å²) in [5, 5.41) is 0.657. The molecule has 1 fully saturated rings. The number of nitrogens with two attached hydrogens (primary N) is 2. The lowest BCUT2D eigenvalue weighted by atomic mass is 9.97. The smallest absolute Gasteiger partial charge is 0.180 e. The number of thiazole rings is 1. The number of nitrogens with zero attached hydrogens (tertiary/aromatic N) is 2. The summed E-state index contributed by atoms with van der Waals surface area (Å²) < 4.78 is 0. The zero-order valence-electron chi connectivity index (χ0n) is 9.72. The number of anilines is 1. The van der Waals surface area contributed by atoms with E-state index < -0.39 is 0 Å². The Hall–Kier alpha value is -0.650. The van der Waals surface area contributed by atoms with Crippen molar-refractivity contribution < 1.29 is 0 Å². The molecule has 1 aromatic heterocycles. The van der Waals surface area contributed by atoms with E-state index in [9.17, 15) is 0 Å². The topological polar surface area (TPSA) is 68.2 Å². The molecule has 0 radical (unpaired) electrons. The maximum atomic E-state index is 6.04. The number of hydrogen-bond acceptors (Lipinski definition) is 5. The Morgan fingerprint density at radius 1 is 1.62 bits per heavy atom. The highest BCUT2D eigenvalue weighted by atomic mass is 32.1. The Morgan fingerprint density at radius 2 is 2.44 bits per heavy atom. The minimum absolute atomic E-state index is 0.241. The average Bonchev–Trinajstić information content (AvgIpc) is 2.64. The summed E-state index contributed by atoms with van der Waals surface area (Å²) in [6.45, 7) is 4.19. The van der Waals surface area contributed by atoms with Gasteiger partial charge < -0.3 is 11.5 Å². The molecule has 5 heteroatoms. The predicted molar refractivity (Wildman–Crippen MR) is 68.2 cm³/mol. The summed E-state index contributed by atoms with van der Waals surface area (Å²) in [4.78, 5) is 7.80. The number of nitrogen functional groups attached to an aromatic ring is 1. The van der Waals surface area contributed by atoms with Crippen LogP contribution in [0.25, 0.3) is 0 Å². The lowest BCUT2D eigenvalue weighted by Gasteiger charge is -2.37. The van der Waals surface area contributed by atoms with Crippen LogP contribution in [-0.2, 0) is 6.54 Å². The predicted octanol–water partition coefficient (Wildman–Crippen LogP) is 1.43. The Bertz CT molecular complexity index is 336. The van der Waals surface area contributed by atoms with E-state index in [1.807, 2.05) is 6.20 Å². The van der Waals surface area contributed by atoms with Gasteiger partial charge in [0.2, 0.25) is 0 Å². The molecule has 0 aromatic carbocycles. The zero-order chi connectivity index (χ0) is 11.5. The van der Waals surface area contributed by atoms with Crippen LogP contribution in [0.15, 0.2) is 6.20 Å². The average molecular weight is 240 g/mol. The van der Waals surface area contributed by atoms with Gasteiger partial charge in [-0.25, -0.2) is 4.98 Å². The van der Waals surface area contributed by atoms with Crippen LogP contribution in [0.2, 0.25) is 0 Å². The fourth-order valence-corrected chi connectivity index (χ4v) is 3.11. The van der Waals surface area contributed by atoms with E-state index in [0.29, 0.717) is 11.2 Å². The van der Waals surface area contributed by atoms with Gasteiger partial charge in [0.15, 0.2) is 5.13 Å². The van der Waals surface area contributed by atoms with E-state index in [4.69, 9.17) is 11.5 Å². The van der Waals surface area contributed by atoms with Crippen molar-refractivity contribution >= 4 is 16.5 Å². The molecule has 16 heavy (non-hydrogen) atoms. The summed E-state index contributed by atoms with van der Waals surface area (Å²) in [5.41, 5.74) is 11.7. The molecule has 0 bridgehead atoms. The van der Waals surface area contributed by atoms with Crippen molar-refractivity contribution in [3.63, 3.8) is 0 Å². The minimum atomic E-state index is 0.241. The van der Waals surface area contributed by atoms with Crippen molar-refractivity contribution in [1.29, 1.82) is 0 Å². The van der Waals surface area contributed by atoms with Gasteiger partial charge in [-0.05, 0) is 26.3 Å². The van der Waals surface area contributed by atoms with E-state index in [2.05, 4.69) is 16.8 Å². The van der Waals surface area contributed by atoms with Crippen LogP contribution < -0.4 is 11.5 Å². The van der Waals surface area contributed by atoms with E-state index in [0.717, 1.165) is 13.1 Å². The Balaban J connectivity index is 2.01. The summed E-state index contributed by atoms with van der Waals surface area (Å²) in [6.07, 6.45) is 5.67. The van der Waals surface area contributed by atoms with Crippen molar-refractivity contribution in [2.45, 2.75) is 44.8 Å². The third-order valence-corrected chi connectivity index (χ3v) is 4.01. The van der Waals surface area contributed by atoms with Gasteiger partial charge in [-0.2, -0.15) is 0 Å². The first-order chi connectivity index (χ1) is 7.66. The second-order valence-corrected chi connectivity index (χ2v) is 5.70. The first kappa shape index (κ1) is 11.8. The summed E-state index contributed by atoms with van der Waals surface area (Å²) in [7, 11) is 0. The maximum absolute atomic E-state index is 6.04. The van der Waals surface area contributed by atoms with Crippen molar-refractivity contribution in [3.8, 4) is 0 Å². The van der Waals surface area contributed by atoms with Gasteiger partial charge in [0.05, 0.1) is 0 Å². The van der Waals surface area contributed by atoms with Gasteiger partial charge in [-0.15, -0.1) is 11.3 Å². The van der Waals surface area contributed by atoms with E-state index >= 15 is 0 Å². The zero-order valence-corrected chi connectivity index (χ0v) is 10.5. The number of piperidine rings is 1. The van der Waals surface area contributed by atoms with Crippen molar-refractivity contribution in [3.05, 3.63) is 11.1 Å². The molecular weight excluding hydrogens is 220 g/mol. The molecule has 90 valence electrons. The van der Waals surface area contributed by atoms with Gasteiger partial charge in [-0.3, -0.25) is 4.90 Å². The molecule has 0 saturated carbocycles. The highest BCUT2D eigenvalue weighted by Crippen LogP contribution is 2.24. The molecule has 0 amide bonds. The number of aromatic nitrogens is 1. The molecule has 1 aromatic rings. The Labute approximate surface area is 101 Å². The third-order valence-electron chi connectivity index (χ3n) is 3.20. The van der Waals surface area contributed by atoms with E-state index in [1.54, 1.807) is 11.3 Å². The molecule has 4 N–H and O–H groups in total. The van der Waals surface area contributed by atoms with Crippen LogP contribution in [0, 0.1) is 0 Å². The van der Waals surface area contributed by atoms with Crippen molar-refractivity contribution in [1.82, 2.24) is 9.88 Å². The molecule has 2 heterocycles. The molecule has 0 spiro atoms. The molecular formula is C11H20N4S. The van der Waals surface area contributed by atoms with Crippen LogP contribution >= 0.6 is 11.3 Å². The van der Waals surface area contributed by atoms with Crippen molar-refractivity contribution in [2.75, 3.05) is 12.3 Å². The lowest BCUT2D eigenvalue weighted by Crippen LogP contribution is -2.48. The van der Waals surface area contributed by atoms with E-state index in [1.165, 1.54) is 24.1 Å². The molecule has 2 atom stereocenters. The highest BCUT2D eigenvalue weighted by Gasteiger charge is 2.25. The highest BCUT2D eigenvalue weighted by molar-refractivity contribution is 7.15. The van der Waals surface area contributed by atoms with Gasteiger partial charge in [0.25, 0.3) is 0 Å². The van der Waals surface area contributed by atoms with Crippen LogP contribution in [0.5, 0.6) is 0 Å². The van der Waals surface area contributed by atoms with Crippen LogP contribution in [0.4, 0.5) is 5.13 Å². The molecule has 4 nitrogen and oxygen atoms in total. The van der Waals surface area contributed by atoms with Gasteiger partial charge in [0.1, 0.15) is 0 Å². The van der Waals surface area contributed by atoms with Gasteiger partial charge in [-0.1, -0.05) is 6.42 Å². The number of rotatable bonds is 3. The van der Waals surface area contributed by atoms with Gasteiger partial charge >= 0.3 is 0 Å². The normalized spacial score (nSPS) is 24.5. The summed E-state index contributed by atoms with van der Waals surface area (Å²) in [6, 6.07) is 0.752. The van der Waals surface area contributed by atoms with E-state index in [-0.39, 0.29) is 6.04 Å². The molecule has 0 aliphatic carbocycles. The number of likely N-dealkylation sites (tertiary alicyclic amines) is 1. The largest absolute Gasteiger partial charge is 0.375 e. The third kappa shape index (κ3) is 2.72. The molecule has 1 aliphatic heterocycles. The number of hydrogen-bond donors (Lipinski definition) is 2. The van der Waals surface area contributed by atoms with Crippen LogP contribution in [0.3, 0.4) is 0 Å². The first-order valence-electron chi connectivity index (χ1n) is 5.86. The molecule has 2 rings (SSSR count). The second kappa shape index (κ2) is 5.12. The standard InChI is InChI=1S/C11H20N4S/c1-8(12)10-4-2-3-5-15(10)7-9-6-14-11(13)16-9/h6,8,10H,2-5,7,12H2,1H3,(H2,13,14). The Morgan fingerprint density at radius 3 is 3.06 bits per heavy atom. The summed E-state index contributed by atoms with van der Waals surface area (Å²) >= 11 is 1.58. The van der Waals surface area contributed by atoms with Crippen LogP contribution in [-0.4, -0.2) is 28.5 Å². The van der Waals surface area contributed by atoms with Gasteiger partial charge in [0, 0.05) is 29.7 Å². The fraction of sp³-hybridized carbons (Fsp3) is 0.727. The summed E-state index contributed by atoms with van der Waals surface area (Å²) in [5.74, 6) is 0. The Kier molecular flexibility index (Phi) is 3.78. The quantitative estimate of drug-likeness (QED) is 0.838. The van der Waals surface area contributed by atoms with Crippen LogP contribution in [0.1, 0.15) is 31.1 Å². The first-order valence-corrected chi connectivity index (χ1v) is 6.68. The maximum Gasteiger partial charge on any atom is 0.180 e. The lowest BCUT2D eigenvalue weighted by molar-refractivity contribution is 0.124. The molecule has 1 saturated heterocycles. The molecule has 2 unspecified atom stereocenters. The van der Waals surface area contributed by atoms with Crippen molar-refractivity contribution in [2.24, 2.45) is 5.73 Å². The minimum Gasteiger partial charge on any atom is -0.375 e.